The van der Waals surface area contributed by atoms with Crippen LogP contribution in [0.15, 0.2) is 6.20 Å². The van der Waals surface area contributed by atoms with Crippen molar-refractivity contribution in [2.24, 2.45) is 0 Å². The number of ether oxygens (including phenoxy) is 1. The summed E-state index contributed by atoms with van der Waals surface area (Å²) in [5.41, 5.74) is 1.09. The SMILES string of the molecule is CNC(CCC1CCCO1)c1c(Cl)cnn1C(C)C. The molecule has 1 aromatic heterocycles. The van der Waals surface area contributed by atoms with E-state index in [9.17, 15) is 0 Å². The molecule has 5 heteroatoms. The van der Waals surface area contributed by atoms with E-state index in [4.69, 9.17) is 16.3 Å². The first-order chi connectivity index (χ1) is 9.13. The molecular weight excluding hydrogens is 262 g/mol. The van der Waals surface area contributed by atoms with Gasteiger partial charge in [0, 0.05) is 12.6 Å². The lowest BCUT2D eigenvalue weighted by atomic mass is 10.0. The van der Waals surface area contributed by atoms with Crippen LogP contribution in [-0.2, 0) is 4.74 Å². The third-order valence-corrected chi connectivity index (χ3v) is 4.05. The second kappa shape index (κ2) is 6.73. The predicted molar refractivity (Wildman–Crippen MR) is 77.6 cm³/mol. The molecule has 2 heterocycles. The molecule has 0 radical (unpaired) electrons. The van der Waals surface area contributed by atoms with Crippen molar-refractivity contribution in [2.45, 2.75) is 57.7 Å². The Balaban J connectivity index is 2.05. The van der Waals surface area contributed by atoms with Crippen LogP contribution in [0.5, 0.6) is 0 Å². The van der Waals surface area contributed by atoms with Gasteiger partial charge in [0.15, 0.2) is 0 Å². The van der Waals surface area contributed by atoms with E-state index < -0.39 is 0 Å². The van der Waals surface area contributed by atoms with Crippen LogP contribution in [0.2, 0.25) is 5.02 Å². The highest BCUT2D eigenvalue weighted by Crippen LogP contribution is 2.30. The van der Waals surface area contributed by atoms with Gasteiger partial charge in [-0.3, -0.25) is 4.68 Å². The van der Waals surface area contributed by atoms with Crippen LogP contribution >= 0.6 is 11.6 Å². The zero-order chi connectivity index (χ0) is 13.8. The topological polar surface area (TPSA) is 39.1 Å². The largest absolute Gasteiger partial charge is 0.378 e. The fourth-order valence-corrected chi connectivity index (χ4v) is 2.99. The normalized spacial score (nSPS) is 21.2. The second-order valence-electron chi connectivity index (χ2n) is 5.47. The molecule has 1 fully saturated rings. The summed E-state index contributed by atoms with van der Waals surface area (Å²) in [6.45, 7) is 5.17. The summed E-state index contributed by atoms with van der Waals surface area (Å²) < 4.78 is 7.70. The lowest BCUT2D eigenvalue weighted by Gasteiger charge is -2.21. The number of hydrogen-bond donors (Lipinski definition) is 1. The molecule has 108 valence electrons. The Labute approximate surface area is 120 Å². The van der Waals surface area contributed by atoms with Gasteiger partial charge in [-0.15, -0.1) is 0 Å². The molecule has 0 amide bonds. The first-order valence-electron chi connectivity index (χ1n) is 7.15. The summed E-state index contributed by atoms with van der Waals surface area (Å²) in [5, 5.41) is 8.49. The zero-order valence-electron chi connectivity index (χ0n) is 12.0. The van der Waals surface area contributed by atoms with Crippen LogP contribution in [0.25, 0.3) is 0 Å². The Morgan fingerprint density at radius 1 is 1.58 bits per heavy atom. The quantitative estimate of drug-likeness (QED) is 0.871. The summed E-state index contributed by atoms with van der Waals surface area (Å²) in [7, 11) is 1.98. The lowest BCUT2D eigenvalue weighted by molar-refractivity contribution is 0.0995. The van der Waals surface area contributed by atoms with E-state index in [1.54, 1.807) is 6.20 Å². The first-order valence-corrected chi connectivity index (χ1v) is 7.53. The maximum Gasteiger partial charge on any atom is 0.0834 e. The number of nitrogens with one attached hydrogen (secondary N) is 1. The van der Waals surface area contributed by atoms with Crippen molar-refractivity contribution < 1.29 is 4.74 Å². The van der Waals surface area contributed by atoms with Crippen LogP contribution in [-0.4, -0.2) is 29.5 Å². The molecule has 2 unspecified atom stereocenters. The Bertz CT molecular complexity index is 399. The Hall–Kier alpha value is -0.580. The molecule has 1 N–H and O–H groups in total. The van der Waals surface area contributed by atoms with E-state index in [1.807, 2.05) is 11.7 Å². The van der Waals surface area contributed by atoms with Crippen molar-refractivity contribution in [3.8, 4) is 0 Å². The third-order valence-electron chi connectivity index (χ3n) is 3.76. The van der Waals surface area contributed by atoms with E-state index >= 15 is 0 Å². The number of halogens is 1. The van der Waals surface area contributed by atoms with Gasteiger partial charge in [-0.2, -0.15) is 5.10 Å². The van der Waals surface area contributed by atoms with Gasteiger partial charge in [0.05, 0.1) is 29.1 Å². The fraction of sp³-hybridized carbons (Fsp3) is 0.786. The van der Waals surface area contributed by atoms with Gasteiger partial charge in [0.25, 0.3) is 0 Å². The van der Waals surface area contributed by atoms with E-state index in [0.29, 0.717) is 12.1 Å². The minimum absolute atomic E-state index is 0.238. The maximum atomic E-state index is 6.30. The average Bonchev–Trinajstić information content (AvgIpc) is 3.00. The standard InChI is InChI=1S/C14H24ClN3O/c1-10(2)18-14(12(15)9-17-18)13(16-3)7-6-11-5-4-8-19-11/h9-11,13,16H,4-8H2,1-3H3. The van der Waals surface area contributed by atoms with Gasteiger partial charge in [-0.05, 0) is 46.6 Å². The molecule has 0 saturated carbocycles. The van der Waals surface area contributed by atoms with Gasteiger partial charge < -0.3 is 10.1 Å². The number of rotatable bonds is 6. The highest BCUT2D eigenvalue weighted by Gasteiger charge is 2.23. The molecule has 2 rings (SSSR count). The molecule has 2 atom stereocenters. The van der Waals surface area contributed by atoms with Crippen molar-refractivity contribution in [1.82, 2.24) is 15.1 Å². The van der Waals surface area contributed by atoms with Gasteiger partial charge >= 0.3 is 0 Å². The minimum atomic E-state index is 0.238. The van der Waals surface area contributed by atoms with Crippen molar-refractivity contribution in [3.05, 3.63) is 16.9 Å². The smallest absolute Gasteiger partial charge is 0.0834 e. The molecule has 1 aromatic rings. The van der Waals surface area contributed by atoms with Crippen molar-refractivity contribution in [1.29, 1.82) is 0 Å². The number of nitrogens with zero attached hydrogens (tertiary/aromatic N) is 2. The first kappa shape index (κ1) is 14.8. The molecular formula is C14H24ClN3O. The van der Waals surface area contributed by atoms with Crippen molar-refractivity contribution >= 4 is 11.6 Å². The molecule has 4 nitrogen and oxygen atoms in total. The Morgan fingerprint density at radius 3 is 2.95 bits per heavy atom. The van der Waals surface area contributed by atoms with Crippen LogP contribution in [0.3, 0.4) is 0 Å². The molecule has 0 aliphatic carbocycles. The highest BCUT2D eigenvalue weighted by molar-refractivity contribution is 6.31. The van der Waals surface area contributed by atoms with E-state index in [-0.39, 0.29) is 6.04 Å². The van der Waals surface area contributed by atoms with Gasteiger partial charge in [0.2, 0.25) is 0 Å². The number of hydrogen-bond acceptors (Lipinski definition) is 3. The van der Waals surface area contributed by atoms with Crippen molar-refractivity contribution in [2.75, 3.05) is 13.7 Å². The second-order valence-corrected chi connectivity index (χ2v) is 5.88. The molecule has 1 saturated heterocycles. The summed E-state index contributed by atoms with van der Waals surface area (Å²) in [6.07, 6.45) is 6.65. The summed E-state index contributed by atoms with van der Waals surface area (Å²) in [6, 6.07) is 0.558. The summed E-state index contributed by atoms with van der Waals surface area (Å²) in [5.74, 6) is 0. The molecule has 1 aliphatic heterocycles. The summed E-state index contributed by atoms with van der Waals surface area (Å²) >= 11 is 6.30. The minimum Gasteiger partial charge on any atom is -0.378 e. The molecule has 0 spiro atoms. The monoisotopic (exact) mass is 285 g/mol. The van der Waals surface area contributed by atoms with Gasteiger partial charge in [-0.1, -0.05) is 11.6 Å². The summed E-state index contributed by atoms with van der Waals surface area (Å²) in [4.78, 5) is 0. The highest BCUT2D eigenvalue weighted by atomic mass is 35.5. The van der Waals surface area contributed by atoms with E-state index in [2.05, 4.69) is 24.3 Å². The Morgan fingerprint density at radius 2 is 2.37 bits per heavy atom. The predicted octanol–water partition coefficient (Wildman–Crippen LogP) is 3.34. The van der Waals surface area contributed by atoms with E-state index in [1.165, 1.54) is 12.8 Å². The fourth-order valence-electron chi connectivity index (χ4n) is 2.73. The molecule has 19 heavy (non-hydrogen) atoms. The zero-order valence-corrected chi connectivity index (χ0v) is 12.8. The van der Waals surface area contributed by atoms with E-state index in [0.717, 1.165) is 30.2 Å². The Kier molecular flexibility index (Phi) is 5.25. The van der Waals surface area contributed by atoms with Crippen molar-refractivity contribution in [3.63, 3.8) is 0 Å². The van der Waals surface area contributed by atoms with Gasteiger partial charge in [0.1, 0.15) is 0 Å². The third kappa shape index (κ3) is 3.50. The van der Waals surface area contributed by atoms with Crippen LogP contribution in [0.1, 0.15) is 57.3 Å². The van der Waals surface area contributed by atoms with Crippen LogP contribution < -0.4 is 5.32 Å². The average molecular weight is 286 g/mol. The number of aromatic nitrogens is 2. The van der Waals surface area contributed by atoms with Crippen LogP contribution in [0, 0.1) is 0 Å². The van der Waals surface area contributed by atoms with Crippen LogP contribution in [0.4, 0.5) is 0 Å². The molecule has 0 bridgehead atoms. The maximum absolute atomic E-state index is 6.30. The molecule has 1 aliphatic rings. The van der Waals surface area contributed by atoms with Gasteiger partial charge in [-0.25, -0.2) is 0 Å². The lowest BCUT2D eigenvalue weighted by Crippen LogP contribution is -2.23. The molecule has 0 aromatic carbocycles.